The van der Waals surface area contributed by atoms with Crippen LogP contribution in [0, 0.1) is 6.92 Å². The van der Waals surface area contributed by atoms with Gasteiger partial charge in [0.15, 0.2) is 0 Å². The number of alkyl halides is 2. The molecule has 1 saturated heterocycles. The Hall–Kier alpha value is -1.06. The Bertz CT molecular complexity index is 523. The fraction of sp³-hybridized carbons (Fsp3) is 0.667. The second-order valence-corrected chi connectivity index (χ2v) is 5.90. The molecule has 102 valence electrons. The monoisotopic (exact) mass is 280 g/mol. The summed E-state index contributed by atoms with van der Waals surface area (Å²) in [6.45, 7) is 0.357. The summed E-state index contributed by atoms with van der Waals surface area (Å²) in [4.78, 5) is -0.148. The summed E-state index contributed by atoms with van der Waals surface area (Å²) in [5.41, 5.74) is 0.0915. The summed E-state index contributed by atoms with van der Waals surface area (Å²) in [6, 6.07) is 0. The van der Waals surface area contributed by atoms with E-state index in [9.17, 15) is 17.2 Å². The lowest BCUT2D eigenvalue weighted by atomic mass is 10.4. The Morgan fingerprint density at radius 1 is 1.39 bits per heavy atom. The molecule has 2 heterocycles. The minimum absolute atomic E-state index is 0.0915. The first-order chi connectivity index (χ1) is 8.43. The smallest absolute Gasteiger partial charge is 0.314 e. The second kappa shape index (κ2) is 4.90. The first-order valence-corrected chi connectivity index (χ1v) is 6.91. The average molecular weight is 280 g/mol. The molecule has 0 unspecified atom stereocenters. The molecule has 6 nitrogen and oxygen atoms in total. The summed E-state index contributed by atoms with van der Waals surface area (Å²) < 4.78 is 51.1. The quantitative estimate of drug-likeness (QED) is 0.857. The van der Waals surface area contributed by atoms with E-state index in [0.29, 0.717) is 30.9 Å². The molecule has 1 aromatic rings. The van der Waals surface area contributed by atoms with E-state index in [-0.39, 0.29) is 10.6 Å². The molecule has 1 aliphatic heterocycles. The lowest BCUT2D eigenvalue weighted by Gasteiger charge is -2.26. The van der Waals surface area contributed by atoms with Crippen molar-refractivity contribution < 1.29 is 17.2 Å². The molecule has 1 aromatic heterocycles. The van der Waals surface area contributed by atoms with Crippen molar-refractivity contribution in [3.8, 4) is 0 Å². The lowest BCUT2D eigenvalue weighted by Crippen LogP contribution is -2.46. The van der Waals surface area contributed by atoms with Gasteiger partial charge in [-0.15, -0.1) is 0 Å². The molecule has 18 heavy (non-hydrogen) atoms. The van der Waals surface area contributed by atoms with Gasteiger partial charge in [-0.2, -0.15) is 18.2 Å². The van der Waals surface area contributed by atoms with Crippen molar-refractivity contribution in [2.75, 3.05) is 26.2 Å². The minimum atomic E-state index is -3.73. The Balaban J connectivity index is 2.34. The van der Waals surface area contributed by atoms with Crippen LogP contribution < -0.4 is 5.32 Å². The number of hydrogen-bond acceptors (Lipinski definition) is 4. The van der Waals surface area contributed by atoms with Gasteiger partial charge in [-0.05, 0) is 6.92 Å². The summed E-state index contributed by atoms with van der Waals surface area (Å²) in [6.07, 6.45) is 0.886. The van der Waals surface area contributed by atoms with E-state index in [2.05, 4.69) is 10.4 Å². The Morgan fingerprint density at radius 3 is 2.50 bits per heavy atom. The topological polar surface area (TPSA) is 67.2 Å². The van der Waals surface area contributed by atoms with Crippen LogP contribution in [0.15, 0.2) is 11.1 Å². The van der Waals surface area contributed by atoms with Crippen LogP contribution in [0.4, 0.5) is 8.78 Å². The molecule has 9 heteroatoms. The van der Waals surface area contributed by atoms with E-state index in [4.69, 9.17) is 0 Å². The molecule has 2 rings (SSSR count). The van der Waals surface area contributed by atoms with Crippen molar-refractivity contribution >= 4 is 10.0 Å². The van der Waals surface area contributed by atoms with Crippen LogP contribution in [-0.4, -0.2) is 48.7 Å². The van der Waals surface area contributed by atoms with E-state index in [1.807, 2.05) is 0 Å². The highest BCUT2D eigenvalue weighted by Crippen LogP contribution is 2.21. The highest BCUT2D eigenvalue weighted by molar-refractivity contribution is 7.89. The van der Waals surface area contributed by atoms with Crippen molar-refractivity contribution in [1.82, 2.24) is 19.4 Å². The second-order valence-electron chi connectivity index (χ2n) is 3.99. The van der Waals surface area contributed by atoms with Gasteiger partial charge in [-0.25, -0.2) is 13.1 Å². The van der Waals surface area contributed by atoms with Gasteiger partial charge in [0.1, 0.15) is 4.90 Å². The number of piperazine rings is 1. The highest BCUT2D eigenvalue weighted by atomic mass is 32.2. The largest absolute Gasteiger partial charge is 0.333 e. The zero-order valence-electron chi connectivity index (χ0n) is 9.81. The molecule has 0 radical (unpaired) electrons. The molecule has 0 atom stereocenters. The summed E-state index contributed by atoms with van der Waals surface area (Å²) in [5, 5.41) is 6.55. The summed E-state index contributed by atoms with van der Waals surface area (Å²) in [5.74, 6) is 0. The van der Waals surface area contributed by atoms with Crippen LogP contribution in [-0.2, 0) is 10.0 Å². The van der Waals surface area contributed by atoms with E-state index < -0.39 is 16.6 Å². The third-order valence-corrected chi connectivity index (χ3v) is 4.77. The standard InChI is InChI=1S/C9H14F2N4O2S/c1-7-8(6-15(13-7)9(10)11)18(16,17)14-4-2-12-3-5-14/h6,9,12H,2-5H2,1H3. The van der Waals surface area contributed by atoms with Crippen molar-refractivity contribution in [3.63, 3.8) is 0 Å². The molecular formula is C9H14F2N4O2S. The summed E-state index contributed by atoms with van der Waals surface area (Å²) in [7, 11) is -3.73. The minimum Gasteiger partial charge on any atom is -0.314 e. The van der Waals surface area contributed by atoms with Gasteiger partial charge in [0.05, 0.1) is 11.9 Å². The summed E-state index contributed by atoms with van der Waals surface area (Å²) >= 11 is 0. The molecule has 1 aliphatic rings. The molecule has 0 spiro atoms. The van der Waals surface area contributed by atoms with E-state index in [1.165, 1.54) is 11.2 Å². The molecule has 0 aliphatic carbocycles. The van der Waals surface area contributed by atoms with Gasteiger partial charge in [0.25, 0.3) is 0 Å². The van der Waals surface area contributed by atoms with Crippen molar-refractivity contribution in [2.45, 2.75) is 18.4 Å². The van der Waals surface area contributed by atoms with E-state index in [1.54, 1.807) is 0 Å². The Labute approximate surface area is 104 Å². The molecule has 0 amide bonds. The van der Waals surface area contributed by atoms with Gasteiger partial charge >= 0.3 is 6.55 Å². The van der Waals surface area contributed by atoms with Gasteiger partial charge in [0.2, 0.25) is 10.0 Å². The van der Waals surface area contributed by atoms with Crippen LogP contribution in [0.3, 0.4) is 0 Å². The van der Waals surface area contributed by atoms with E-state index >= 15 is 0 Å². The third-order valence-electron chi connectivity index (χ3n) is 2.77. The molecular weight excluding hydrogens is 266 g/mol. The maximum absolute atomic E-state index is 12.5. The van der Waals surface area contributed by atoms with Crippen LogP contribution >= 0.6 is 0 Å². The first-order valence-electron chi connectivity index (χ1n) is 5.47. The number of nitrogens with one attached hydrogen (secondary N) is 1. The number of hydrogen-bond donors (Lipinski definition) is 1. The molecule has 0 bridgehead atoms. The highest BCUT2D eigenvalue weighted by Gasteiger charge is 2.29. The molecule has 1 fully saturated rings. The van der Waals surface area contributed by atoms with Crippen LogP contribution in [0.25, 0.3) is 0 Å². The van der Waals surface area contributed by atoms with Crippen molar-refractivity contribution in [3.05, 3.63) is 11.9 Å². The lowest BCUT2D eigenvalue weighted by molar-refractivity contribution is 0.0561. The Morgan fingerprint density at radius 2 is 2.00 bits per heavy atom. The number of halogens is 2. The molecule has 1 N–H and O–H groups in total. The number of nitrogens with zero attached hydrogens (tertiary/aromatic N) is 3. The van der Waals surface area contributed by atoms with Gasteiger partial charge < -0.3 is 5.32 Å². The first kappa shape index (κ1) is 13.4. The van der Waals surface area contributed by atoms with Crippen molar-refractivity contribution in [1.29, 1.82) is 0 Å². The third kappa shape index (κ3) is 2.38. The van der Waals surface area contributed by atoms with Gasteiger partial charge in [0, 0.05) is 26.2 Å². The number of rotatable bonds is 3. The molecule has 0 saturated carbocycles. The fourth-order valence-corrected chi connectivity index (χ4v) is 3.44. The zero-order valence-corrected chi connectivity index (χ0v) is 10.6. The zero-order chi connectivity index (χ0) is 13.3. The number of sulfonamides is 1. The normalized spacial score (nSPS) is 18.4. The van der Waals surface area contributed by atoms with Crippen LogP contribution in [0.2, 0.25) is 0 Å². The molecule has 0 aromatic carbocycles. The maximum atomic E-state index is 12.5. The number of aromatic nitrogens is 2. The average Bonchev–Trinajstić information content (AvgIpc) is 2.73. The Kier molecular flexibility index (Phi) is 3.64. The predicted molar refractivity (Wildman–Crippen MR) is 59.8 cm³/mol. The van der Waals surface area contributed by atoms with Crippen LogP contribution in [0.1, 0.15) is 12.2 Å². The fourth-order valence-electron chi connectivity index (χ4n) is 1.84. The predicted octanol–water partition coefficient (Wildman–Crippen LogP) is 0.181. The van der Waals surface area contributed by atoms with Gasteiger partial charge in [-0.3, -0.25) is 0 Å². The van der Waals surface area contributed by atoms with E-state index in [0.717, 1.165) is 6.20 Å². The maximum Gasteiger partial charge on any atom is 0.333 e. The van der Waals surface area contributed by atoms with Crippen LogP contribution in [0.5, 0.6) is 0 Å². The van der Waals surface area contributed by atoms with Crippen molar-refractivity contribution in [2.24, 2.45) is 0 Å². The SMILES string of the molecule is Cc1nn(C(F)F)cc1S(=O)(=O)N1CCNCC1. The van der Waals surface area contributed by atoms with Gasteiger partial charge in [-0.1, -0.05) is 0 Å². The number of aryl methyl sites for hydroxylation is 1.